The lowest BCUT2D eigenvalue weighted by atomic mass is 10.0. The minimum absolute atomic E-state index is 0.208. The number of anilines is 1. The summed E-state index contributed by atoms with van der Waals surface area (Å²) in [4.78, 5) is 20.3. The zero-order chi connectivity index (χ0) is 25.8. The Kier molecular flexibility index (Phi) is 7.87. The summed E-state index contributed by atoms with van der Waals surface area (Å²) in [6, 6.07) is 1.99. The Balaban J connectivity index is 1.59. The fourth-order valence-corrected chi connectivity index (χ4v) is 3.96. The Hall–Kier alpha value is -3.48. The molecule has 1 aliphatic heterocycles. The number of aliphatic hydroxyl groups excluding tert-OH is 1. The van der Waals surface area contributed by atoms with Crippen molar-refractivity contribution in [2.45, 2.75) is 24.6 Å². The van der Waals surface area contributed by atoms with E-state index in [0.717, 1.165) is 11.6 Å². The third-order valence-electron chi connectivity index (χ3n) is 5.64. The number of halogens is 3. The molecule has 2 aromatic heterocycles. The topological polar surface area (TPSA) is 128 Å². The first-order chi connectivity index (χ1) is 17.4. The number of hydrogen-bond donors (Lipinski definition) is 3. The van der Waals surface area contributed by atoms with Crippen LogP contribution in [-0.2, 0) is 9.53 Å². The molecule has 0 aliphatic carbocycles. The summed E-state index contributed by atoms with van der Waals surface area (Å²) >= 11 is 5.47. The van der Waals surface area contributed by atoms with E-state index >= 15 is 0 Å². The van der Waals surface area contributed by atoms with Crippen LogP contribution in [0, 0.1) is 11.6 Å². The van der Waals surface area contributed by atoms with Gasteiger partial charge in [0, 0.05) is 30.4 Å². The molecule has 4 rings (SSSR count). The maximum atomic E-state index is 14.8. The van der Waals surface area contributed by atoms with Crippen LogP contribution in [0.3, 0.4) is 0 Å². The molecule has 1 aliphatic rings. The summed E-state index contributed by atoms with van der Waals surface area (Å²) in [5.74, 6) is -3.16. The smallest absolute Gasteiger partial charge is 0.245 e. The molecule has 3 heterocycles. The maximum Gasteiger partial charge on any atom is 0.245 e. The Morgan fingerprint density at radius 3 is 2.64 bits per heavy atom. The molecule has 10 nitrogen and oxygen atoms in total. The molecule has 3 aromatic rings. The number of fused-ring (bicyclic) bond motifs is 1. The minimum atomic E-state index is -1.89. The monoisotopic (exact) mass is 524 g/mol. The molecule has 0 bridgehead atoms. The van der Waals surface area contributed by atoms with Gasteiger partial charge in [-0.1, -0.05) is 11.6 Å². The number of pyridine rings is 1. The number of methoxy groups -OCH3 is 2. The van der Waals surface area contributed by atoms with E-state index in [2.05, 4.69) is 20.6 Å². The summed E-state index contributed by atoms with van der Waals surface area (Å²) in [7, 11) is 2.40. The van der Waals surface area contributed by atoms with Crippen molar-refractivity contribution < 1.29 is 37.3 Å². The number of aliphatic hydroxyl groups is 1. The van der Waals surface area contributed by atoms with Crippen molar-refractivity contribution in [3.05, 3.63) is 53.0 Å². The number of benzene rings is 1. The van der Waals surface area contributed by atoms with Crippen molar-refractivity contribution >= 4 is 34.4 Å². The van der Waals surface area contributed by atoms with Crippen LogP contribution in [0.1, 0.15) is 24.0 Å². The van der Waals surface area contributed by atoms with Crippen LogP contribution in [0.15, 0.2) is 34.4 Å². The molecule has 0 saturated carbocycles. The van der Waals surface area contributed by atoms with Crippen molar-refractivity contribution in [2.24, 2.45) is 0 Å². The van der Waals surface area contributed by atoms with E-state index in [1.807, 2.05) is 0 Å². The highest BCUT2D eigenvalue weighted by atomic mass is 35.5. The zero-order valence-corrected chi connectivity index (χ0v) is 20.0. The molecular formula is C23H23ClF2N4O6. The number of carbonyl (C=O) groups excluding carboxylic acids is 1. The van der Waals surface area contributed by atoms with Gasteiger partial charge in [0.15, 0.2) is 34.8 Å². The van der Waals surface area contributed by atoms with Gasteiger partial charge < -0.3 is 34.4 Å². The van der Waals surface area contributed by atoms with Gasteiger partial charge in [0.1, 0.15) is 11.3 Å². The zero-order valence-electron chi connectivity index (χ0n) is 19.3. The summed E-state index contributed by atoms with van der Waals surface area (Å²) in [5.41, 5.74) is 0.858. The van der Waals surface area contributed by atoms with E-state index in [-0.39, 0.29) is 46.5 Å². The van der Waals surface area contributed by atoms with E-state index in [1.54, 1.807) is 0 Å². The van der Waals surface area contributed by atoms with Gasteiger partial charge in [-0.15, -0.1) is 0 Å². The predicted molar refractivity (Wildman–Crippen MR) is 125 cm³/mol. The van der Waals surface area contributed by atoms with Crippen LogP contribution in [0.25, 0.3) is 11.1 Å². The molecule has 13 heteroatoms. The van der Waals surface area contributed by atoms with Crippen molar-refractivity contribution in [3.63, 3.8) is 0 Å². The molecule has 1 amide bonds. The fourth-order valence-electron chi connectivity index (χ4n) is 3.84. The second-order valence-electron chi connectivity index (χ2n) is 7.84. The molecule has 36 heavy (non-hydrogen) atoms. The highest BCUT2D eigenvalue weighted by Gasteiger charge is 2.30. The average molecular weight is 525 g/mol. The third kappa shape index (κ3) is 5.20. The summed E-state index contributed by atoms with van der Waals surface area (Å²) in [5, 5.41) is 16.8. The number of rotatable bonds is 8. The van der Waals surface area contributed by atoms with E-state index in [9.17, 15) is 18.7 Å². The number of aromatic nitrogens is 2. The van der Waals surface area contributed by atoms with Gasteiger partial charge in [-0.3, -0.25) is 4.79 Å². The van der Waals surface area contributed by atoms with E-state index in [4.69, 9.17) is 30.2 Å². The molecule has 1 fully saturated rings. The maximum absolute atomic E-state index is 14.8. The molecule has 3 atom stereocenters. The molecule has 3 N–H and O–H groups in total. The normalized spacial score (nSPS) is 18.8. The standard InChI is InChI=1S/C23H23ClF2N4O6/c1-33-15-7-16(34-2)21(26)19(20(15)25)22(32)23-30-12-9-27-17(8-14(12)36-23)28-13-10-35-6-4-11(13)29-18(31)3-5-24/h3,5,7-9,11,13,22,32H,4,6,10H2,1-2H3,(H,27,28)(H,29,31)/b5-3-. The number of carbonyl (C=O) groups is 1. The van der Waals surface area contributed by atoms with E-state index in [1.165, 1.54) is 32.6 Å². The van der Waals surface area contributed by atoms with Crippen LogP contribution >= 0.6 is 11.6 Å². The molecular weight excluding hydrogens is 502 g/mol. The first-order valence-corrected chi connectivity index (χ1v) is 11.3. The third-order valence-corrected chi connectivity index (χ3v) is 5.76. The SMILES string of the molecule is COc1cc(OC)c(F)c(C(O)c2nc3cnc(NC4COCCC4NC(=O)/C=C\Cl)cc3o2)c1F. The minimum Gasteiger partial charge on any atom is -0.494 e. The Morgan fingerprint density at radius 1 is 1.25 bits per heavy atom. The largest absolute Gasteiger partial charge is 0.494 e. The fraction of sp³-hybridized carbons (Fsp3) is 0.348. The second kappa shape index (κ2) is 11.1. The van der Waals surface area contributed by atoms with Crippen molar-refractivity contribution in [2.75, 3.05) is 32.8 Å². The van der Waals surface area contributed by atoms with E-state index < -0.39 is 23.3 Å². The number of ether oxygens (including phenoxy) is 3. The quantitative estimate of drug-likeness (QED) is 0.381. The lowest BCUT2D eigenvalue weighted by Gasteiger charge is -2.32. The number of amides is 1. The predicted octanol–water partition coefficient (Wildman–Crippen LogP) is 3.04. The molecule has 192 valence electrons. The Bertz CT molecular complexity index is 1260. The number of oxazole rings is 1. The summed E-state index contributed by atoms with van der Waals surface area (Å²) in [6.45, 7) is 0.789. The lowest BCUT2D eigenvalue weighted by Crippen LogP contribution is -2.52. The van der Waals surface area contributed by atoms with Gasteiger partial charge in [-0.05, 0) is 6.42 Å². The van der Waals surface area contributed by atoms with Gasteiger partial charge in [0.2, 0.25) is 11.8 Å². The van der Waals surface area contributed by atoms with Crippen LogP contribution in [0.5, 0.6) is 11.5 Å². The lowest BCUT2D eigenvalue weighted by molar-refractivity contribution is -0.117. The first-order valence-electron chi connectivity index (χ1n) is 10.8. The highest BCUT2D eigenvalue weighted by molar-refractivity contribution is 6.26. The van der Waals surface area contributed by atoms with Gasteiger partial charge >= 0.3 is 0 Å². The number of nitrogens with one attached hydrogen (secondary N) is 2. The molecule has 0 spiro atoms. The average Bonchev–Trinajstić information content (AvgIpc) is 3.29. The van der Waals surface area contributed by atoms with Crippen LogP contribution in [0.2, 0.25) is 0 Å². The first kappa shape index (κ1) is 25.6. The van der Waals surface area contributed by atoms with Gasteiger partial charge in [-0.25, -0.2) is 18.7 Å². The molecule has 3 unspecified atom stereocenters. The van der Waals surface area contributed by atoms with Crippen molar-refractivity contribution in [1.82, 2.24) is 15.3 Å². The highest BCUT2D eigenvalue weighted by Crippen LogP contribution is 2.37. The number of hydrogen-bond acceptors (Lipinski definition) is 9. The van der Waals surface area contributed by atoms with Crippen molar-refractivity contribution in [3.8, 4) is 11.5 Å². The van der Waals surface area contributed by atoms with Gasteiger partial charge in [-0.2, -0.15) is 0 Å². The van der Waals surface area contributed by atoms with Crippen LogP contribution in [-0.4, -0.2) is 60.5 Å². The Labute approximate surface area is 209 Å². The van der Waals surface area contributed by atoms with Gasteiger partial charge in [0.25, 0.3) is 0 Å². The van der Waals surface area contributed by atoms with Crippen LogP contribution < -0.4 is 20.1 Å². The van der Waals surface area contributed by atoms with E-state index in [0.29, 0.717) is 25.5 Å². The Morgan fingerprint density at radius 2 is 1.97 bits per heavy atom. The van der Waals surface area contributed by atoms with Crippen molar-refractivity contribution in [1.29, 1.82) is 0 Å². The summed E-state index contributed by atoms with van der Waals surface area (Å²) in [6.07, 6.45) is 1.27. The molecule has 1 saturated heterocycles. The molecule has 0 radical (unpaired) electrons. The van der Waals surface area contributed by atoms with Gasteiger partial charge in [0.05, 0.1) is 44.7 Å². The van der Waals surface area contributed by atoms with Crippen LogP contribution in [0.4, 0.5) is 14.6 Å². The second-order valence-corrected chi connectivity index (χ2v) is 8.09. The molecule has 1 aromatic carbocycles. The number of nitrogens with zero attached hydrogens (tertiary/aromatic N) is 2. The summed E-state index contributed by atoms with van der Waals surface area (Å²) < 4.78 is 50.6.